The van der Waals surface area contributed by atoms with Crippen LogP contribution in [0.25, 0.3) is 16.6 Å². The molecule has 0 saturated carbocycles. The molecule has 35 heavy (non-hydrogen) atoms. The van der Waals surface area contributed by atoms with E-state index in [4.69, 9.17) is 17.2 Å². The zero-order valence-electron chi connectivity index (χ0n) is 18.3. The van der Waals surface area contributed by atoms with Gasteiger partial charge in [0.15, 0.2) is 5.82 Å². The topological polar surface area (TPSA) is 192 Å². The number of nitrogen functional groups attached to an aromatic ring is 2. The molecule has 0 saturated heterocycles. The Morgan fingerprint density at radius 3 is 2.69 bits per heavy atom. The van der Waals surface area contributed by atoms with Gasteiger partial charge >= 0.3 is 0 Å². The van der Waals surface area contributed by atoms with E-state index >= 15 is 0 Å². The first-order valence-electron chi connectivity index (χ1n) is 10.2. The lowest BCUT2D eigenvalue weighted by Crippen LogP contribution is -2.32. The van der Waals surface area contributed by atoms with Crippen molar-refractivity contribution in [2.75, 3.05) is 16.8 Å². The molecule has 0 aliphatic heterocycles. The number of carbonyl (C=O) groups excluding carboxylic acids is 1. The number of anilines is 3. The number of hydrogen-bond donors (Lipinski definition) is 4. The molecule has 13 heteroatoms. The summed E-state index contributed by atoms with van der Waals surface area (Å²) in [6.07, 6.45) is 2.43. The van der Waals surface area contributed by atoms with E-state index in [0.717, 1.165) is 16.7 Å². The molecular weight excluding hydrogens is 460 g/mol. The molecule has 11 nitrogen and oxygen atoms in total. The van der Waals surface area contributed by atoms with Gasteiger partial charge in [-0.05, 0) is 31.2 Å². The Balaban J connectivity index is 1.97. The Morgan fingerprint density at radius 2 is 2.03 bits per heavy atom. The van der Waals surface area contributed by atoms with Crippen molar-refractivity contribution in [1.29, 1.82) is 5.26 Å². The van der Waals surface area contributed by atoms with Gasteiger partial charge in [0.2, 0.25) is 11.9 Å². The van der Waals surface area contributed by atoms with Crippen LogP contribution in [0.2, 0.25) is 0 Å². The number of fused-ring (bicyclic) bond motifs is 1. The molecule has 4 rings (SSSR count). The number of carbonyl (C=O) groups is 1. The first-order chi connectivity index (χ1) is 16.5. The minimum Gasteiger partial charge on any atom is -0.382 e. The van der Waals surface area contributed by atoms with Gasteiger partial charge in [-0.25, -0.2) is 13.8 Å². The third-order valence-corrected chi connectivity index (χ3v) is 5.33. The summed E-state index contributed by atoms with van der Waals surface area (Å²) in [5, 5.41) is 12.3. The molecule has 7 N–H and O–H groups in total. The predicted molar refractivity (Wildman–Crippen MR) is 125 cm³/mol. The SMILES string of the molecule is CC(Nc1nc(N)nc(N)c1C#N)c1nc2cccc(C(N)=O)c2c(=O)n1C1=CC=CC(F)(F)C1. The van der Waals surface area contributed by atoms with Gasteiger partial charge in [-0.3, -0.25) is 14.2 Å². The highest BCUT2D eigenvalue weighted by Crippen LogP contribution is 2.33. The molecule has 2 heterocycles. The van der Waals surface area contributed by atoms with Gasteiger partial charge in [-0.1, -0.05) is 12.1 Å². The number of amides is 1. The molecule has 1 aliphatic rings. The largest absolute Gasteiger partial charge is 0.382 e. The maximum Gasteiger partial charge on any atom is 0.272 e. The van der Waals surface area contributed by atoms with Crippen LogP contribution in [0.5, 0.6) is 0 Å². The molecular formula is C22H19F2N9O2. The van der Waals surface area contributed by atoms with Crippen LogP contribution in [-0.2, 0) is 0 Å². The number of benzene rings is 1. The van der Waals surface area contributed by atoms with Crippen molar-refractivity contribution >= 4 is 40.1 Å². The van der Waals surface area contributed by atoms with Crippen molar-refractivity contribution in [2.24, 2.45) is 5.73 Å². The third kappa shape index (κ3) is 4.24. The summed E-state index contributed by atoms with van der Waals surface area (Å²) in [5.74, 6) is -4.45. The Morgan fingerprint density at radius 1 is 1.29 bits per heavy atom. The normalized spacial score (nSPS) is 15.3. The summed E-state index contributed by atoms with van der Waals surface area (Å²) >= 11 is 0. The minimum absolute atomic E-state index is 0.0149. The second-order valence-corrected chi connectivity index (χ2v) is 7.80. The lowest BCUT2D eigenvalue weighted by Gasteiger charge is -2.25. The fraction of sp³-hybridized carbons (Fsp3) is 0.182. The van der Waals surface area contributed by atoms with E-state index < -0.39 is 29.9 Å². The van der Waals surface area contributed by atoms with E-state index in [1.807, 2.05) is 6.07 Å². The molecule has 1 atom stereocenters. The molecule has 2 aromatic heterocycles. The number of hydrogen-bond acceptors (Lipinski definition) is 9. The van der Waals surface area contributed by atoms with E-state index in [0.29, 0.717) is 0 Å². The summed E-state index contributed by atoms with van der Waals surface area (Å²) in [6.45, 7) is 1.58. The second-order valence-electron chi connectivity index (χ2n) is 7.80. The van der Waals surface area contributed by atoms with Crippen molar-refractivity contribution < 1.29 is 13.6 Å². The Bertz CT molecular complexity index is 1540. The molecule has 0 radical (unpaired) electrons. The van der Waals surface area contributed by atoms with Crippen LogP contribution in [0.15, 0.2) is 41.2 Å². The molecule has 1 unspecified atom stereocenters. The van der Waals surface area contributed by atoms with Crippen LogP contribution < -0.4 is 28.1 Å². The second kappa shape index (κ2) is 8.49. The van der Waals surface area contributed by atoms with Crippen molar-refractivity contribution in [1.82, 2.24) is 19.5 Å². The molecule has 1 amide bonds. The maximum absolute atomic E-state index is 14.2. The van der Waals surface area contributed by atoms with Crippen LogP contribution >= 0.6 is 0 Å². The van der Waals surface area contributed by atoms with E-state index in [1.54, 1.807) is 6.92 Å². The number of primary amides is 1. The van der Waals surface area contributed by atoms with Crippen LogP contribution in [0, 0.1) is 11.3 Å². The van der Waals surface area contributed by atoms with E-state index in [9.17, 15) is 23.6 Å². The lowest BCUT2D eigenvalue weighted by atomic mass is 10.0. The number of allylic oxidation sites excluding steroid dienone is 4. The average Bonchev–Trinajstić information content (AvgIpc) is 2.77. The van der Waals surface area contributed by atoms with Crippen LogP contribution in [0.1, 0.15) is 41.1 Å². The fourth-order valence-electron chi connectivity index (χ4n) is 3.81. The van der Waals surface area contributed by atoms with Crippen molar-refractivity contribution in [3.8, 4) is 6.07 Å². The highest BCUT2D eigenvalue weighted by Gasteiger charge is 2.32. The number of nitriles is 1. The number of halogens is 2. The van der Waals surface area contributed by atoms with Gasteiger partial charge in [0.1, 0.15) is 23.3 Å². The standard InChI is InChI=1S/C22H19F2N9O2/c1-10(29-18-13(9-25)16(26)31-21(28)32-18)19-30-14-6-2-5-12(17(27)34)15(14)20(35)33(19)11-4-3-7-22(23,24)8-11/h2-7,10H,8H2,1H3,(H2,27,34)(H5,26,28,29,31,32). The van der Waals surface area contributed by atoms with E-state index in [1.165, 1.54) is 24.3 Å². The average molecular weight is 479 g/mol. The Labute approximate surface area is 196 Å². The zero-order chi connectivity index (χ0) is 25.5. The molecule has 3 aromatic rings. The number of alkyl halides is 2. The number of nitrogens with zero attached hydrogens (tertiary/aromatic N) is 5. The zero-order valence-corrected chi connectivity index (χ0v) is 18.3. The van der Waals surface area contributed by atoms with Crippen molar-refractivity contribution in [2.45, 2.75) is 25.3 Å². The van der Waals surface area contributed by atoms with Gasteiger partial charge in [0.05, 0.1) is 28.9 Å². The third-order valence-electron chi connectivity index (χ3n) is 5.33. The van der Waals surface area contributed by atoms with Crippen LogP contribution in [0.4, 0.5) is 26.4 Å². The van der Waals surface area contributed by atoms with Crippen LogP contribution in [0.3, 0.4) is 0 Å². The summed E-state index contributed by atoms with van der Waals surface area (Å²) in [7, 11) is 0. The number of nitrogens with two attached hydrogens (primary N) is 3. The van der Waals surface area contributed by atoms with Crippen molar-refractivity contribution in [3.63, 3.8) is 0 Å². The van der Waals surface area contributed by atoms with Gasteiger partial charge in [0, 0.05) is 5.70 Å². The molecule has 0 fully saturated rings. The highest BCUT2D eigenvalue weighted by molar-refractivity contribution is 6.05. The summed E-state index contributed by atoms with van der Waals surface area (Å²) in [5.41, 5.74) is 16.0. The van der Waals surface area contributed by atoms with Gasteiger partial charge < -0.3 is 22.5 Å². The smallest absolute Gasteiger partial charge is 0.272 e. The van der Waals surface area contributed by atoms with Crippen LogP contribution in [-0.4, -0.2) is 31.3 Å². The molecule has 1 aliphatic carbocycles. The van der Waals surface area contributed by atoms with Crippen molar-refractivity contribution in [3.05, 3.63) is 63.7 Å². The van der Waals surface area contributed by atoms with E-state index in [2.05, 4.69) is 20.3 Å². The Kier molecular flexibility index (Phi) is 5.65. The number of aromatic nitrogens is 4. The van der Waals surface area contributed by atoms with Gasteiger partial charge in [-0.15, -0.1) is 0 Å². The molecule has 178 valence electrons. The Hall–Kier alpha value is -4.86. The maximum atomic E-state index is 14.2. The first kappa shape index (κ1) is 23.3. The number of rotatable bonds is 5. The molecule has 1 aromatic carbocycles. The highest BCUT2D eigenvalue weighted by atomic mass is 19.3. The summed E-state index contributed by atoms with van der Waals surface area (Å²) in [6, 6.07) is 5.35. The van der Waals surface area contributed by atoms with Gasteiger partial charge in [-0.2, -0.15) is 15.2 Å². The summed E-state index contributed by atoms with van der Waals surface area (Å²) < 4.78 is 29.5. The minimum atomic E-state index is -3.21. The predicted octanol–water partition coefficient (Wildman–Crippen LogP) is 1.93. The monoisotopic (exact) mass is 479 g/mol. The van der Waals surface area contributed by atoms with Gasteiger partial charge in [0.25, 0.3) is 11.5 Å². The fourth-order valence-corrected chi connectivity index (χ4v) is 3.81. The molecule has 0 bridgehead atoms. The van der Waals surface area contributed by atoms with E-state index in [-0.39, 0.29) is 51.1 Å². The quantitative estimate of drug-likeness (QED) is 0.423. The molecule has 0 spiro atoms. The summed E-state index contributed by atoms with van der Waals surface area (Å²) in [4.78, 5) is 37.8. The lowest BCUT2D eigenvalue weighted by molar-refractivity contribution is 0.0588. The first-order valence-corrected chi connectivity index (χ1v) is 10.2. The number of nitrogens with one attached hydrogen (secondary N) is 1.